The molecule has 27 heavy (non-hydrogen) atoms. The number of rotatable bonds is 4. The van der Waals surface area contributed by atoms with Gasteiger partial charge >= 0.3 is 0 Å². The van der Waals surface area contributed by atoms with Gasteiger partial charge in [-0.05, 0) is 6.92 Å². The number of ether oxygens (including phenoxy) is 3. The molecule has 0 amide bonds. The molecule has 2 saturated heterocycles. The fourth-order valence-electron chi connectivity index (χ4n) is 3.30. The molecule has 0 saturated carbocycles. The minimum absolute atomic E-state index is 0.308. The molecular formula is C19H40O8. The lowest BCUT2D eigenvalue weighted by Gasteiger charge is -2.46. The van der Waals surface area contributed by atoms with Gasteiger partial charge in [-0.3, -0.25) is 0 Å². The molecule has 0 bridgehead atoms. The fraction of sp³-hybridized carbons (Fsp3) is 1.00. The van der Waals surface area contributed by atoms with Crippen LogP contribution in [0.4, 0.5) is 0 Å². The van der Waals surface area contributed by atoms with Crippen LogP contribution in [-0.4, -0.2) is 87.8 Å². The average molecular weight is 397 g/mol. The Kier molecular flexibility index (Phi) is 12.9. The van der Waals surface area contributed by atoms with Crippen molar-refractivity contribution in [2.24, 2.45) is 11.8 Å². The zero-order valence-corrected chi connectivity index (χ0v) is 17.6. The summed E-state index contributed by atoms with van der Waals surface area (Å²) in [6.45, 7) is 12.5. The second-order valence-electron chi connectivity index (χ2n) is 6.58. The first-order chi connectivity index (χ1) is 12.8. The van der Waals surface area contributed by atoms with Crippen LogP contribution < -0.4 is 0 Å². The van der Waals surface area contributed by atoms with Crippen LogP contribution in [0.15, 0.2) is 0 Å². The Labute approximate surface area is 163 Å². The lowest BCUT2D eigenvalue weighted by atomic mass is 9.87. The Hall–Kier alpha value is -0.320. The number of hydrogen-bond acceptors (Lipinski definition) is 8. The van der Waals surface area contributed by atoms with Crippen molar-refractivity contribution in [3.63, 3.8) is 0 Å². The van der Waals surface area contributed by atoms with E-state index < -0.39 is 54.9 Å². The molecule has 2 aliphatic rings. The third-order valence-electron chi connectivity index (χ3n) is 5.01. The lowest BCUT2D eigenvalue weighted by molar-refractivity contribution is -0.328. The largest absolute Gasteiger partial charge is 0.394 e. The third-order valence-corrected chi connectivity index (χ3v) is 5.01. The van der Waals surface area contributed by atoms with Crippen LogP contribution in [0.1, 0.15) is 48.5 Å². The van der Waals surface area contributed by atoms with Gasteiger partial charge in [0.1, 0.15) is 12.2 Å². The van der Waals surface area contributed by atoms with Crippen molar-refractivity contribution in [2.45, 2.75) is 97.5 Å². The van der Waals surface area contributed by atoms with Crippen LogP contribution >= 0.6 is 0 Å². The summed E-state index contributed by atoms with van der Waals surface area (Å²) >= 11 is 0. The minimum atomic E-state index is -1.30. The normalized spacial score (nSPS) is 44.4. The molecule has 0 aromatic rings. The fourth-order valence-corrected chi connectivity index (χ4v) is 3.30. The van der Waals surface area contributed by atoms with E-state index in [0.717, 1.165) is 0 Å². The van der Waals surface area contributed by atoms with Crippen LogP contribution in [0.25, 0.3) is 0 Å². The number of aliphatic hydroxyl groups excluding tert-OH is 5. The lowest BCUT2D eigenvalue weighted by Crippen LogP contribution is -2.60. The Balaban J connectivity index is 0.00000158. The van der Waals surface area contributed by atoms with E-state index in [1.54, 1.807) is 20.8 Å². The molecule has 0 aliphatic carbocycles. The van der Waals surface area contributed by atoms with E-state index in [4.69, 9.17) is 14.2 Å². The first-order valence-electron chi connectivity index (χ1n) is 10.0. The van der Waals surface area contributed by atoms with Crippen LogP contribution in [0, 0.1) is 11.8 Å². The molecule has 10 atom stereocenters. The first-order valence-corrected chi connectivity index (χ1v) is 10.0. The van der Waals surface area contributed by atoms with E-state index in [1.807, 2.05) is 27.7 Å². The van der Waals surface area contributed by atoms with Crippen molar-refractivity contribution in [2.75, 3.05) is 13.2 Å². The number of aliphatic hydroxyl groups is 5. The van der Waals surface area contributed by atoms with Gasteiger partial charge in [0, 0.05) is 11.8 Å². The Bertz CT molecular complexity index is 379. The Morgan fingerprint density at radius 1 is 0.704 bits per heavy atom. The maximum atomic E-state index is 10.2. The average Bonchev–Trinajstić information content (AvgIpc) is 2.71. The van der Waals surface area contributed by atoms with Crippen LogP contribution in [0.3, 0.4) is 0 Å². The molecule has 2 aliphatic heterocycles. The quantitative estimate of drug-likeness (QED) is 0.458. The Morgan fingerprint density at radius 2 is 1.22 bits per heavy atom. The van der Waals surface area contributed by atoms with Crippen molar-refractivity contribution in [1.29, 1.82) is 0 Å². The summed E-state index contributed by atoms with van der Waals surface area (Å²) in [6, 6.07) is 0. The highest BCUT2D eigenvalue weighted by Crippen LogP contribution is 2.33. The molecule has 2 rings (SSSR count). The Morgan fingerprint density at radius 3 is 1.70 bits per heavy atom. The highest BCUT2D eigenvalue weighted by atomic mass is 16.7. The summed E-state index contributed by atoms with van der Waals surface area (Å²) in [6.07, 6.45) is -6.89. The highest BCUT2D eigenvalue weighted by Gasteiger charge is 2.47. The molecule has 0 unspecified atom stereocenters. The van der Waals surface area contributed by atoms with Gasteiger partial charge in [0.15, 0.2) is 6.29 Å². The molecule has 0 spiro atoms. The zero-order valence-electron chi connectivity index (χ0n) is 17.6. The topological polar surface area (TPSA) is 129 Å². The van der Waals surface area contributed by atoms with Crippen molar-refractivity contribution in [3.05, 3.63) is 0 Å². The van der Waals surface area contributed by atoms with Gasteiger partial charge in [-0.2, -0.15) is 0 Å². The summed E-state index contributed by atoms with van der Waals surface area (Å²) in [7, 11) is 0. The van der Waals surface area contributed by atoms with Gasteiger partial charge in [0.05, 0.1) is 43.7 Å². The van der Waals surface area contributed by atoms with Crippen molar-refractivity contribution in [1.82, 2.24) is 0 Å². The maximum absolute atomic E-state index is 10.2. The molecule has 2 heterocycles. The summed E-state index contributed by atoms with van der Waals surface area (Å²) in [4.78, 5) is 0. The minimum Gasteiger partial charge on any atom is -0.394 e. The molecule has 2 fully saturated rings. The predicted octanol–water partition coefficient (Wildman–Crippen LogP) is 0.276. The first kappa shape index (κ1) is 26.7. The van der Waals surface area contributed by atoms with E-state index in [1.165, 1.54) is 0 Å². The van der Waals surface area contributed by atoms with Gasteiger partial charge in [-0.15, -0.1) is 0 Å². The van der Waals surface area contributed by atoms with Crippen LogP contribution in [0.2, 0.25) is 0 Å². The second-order valence-corrected chi connectivity index (χ2v) is 6.58. The second kappa shape index (κ2) is 13.0. The van der Waals surface area contributed by atoms with Crippen molar-refractivity contribution < 1.29 is 39.7 Å². The SMILES string of the molecule is CC.CC.C[C@@H]1[C@@H](O)[C@H](C)O[C@H](CO)[C@H]1O[C@@H]1O[C@H](CO)[C@@H](C)[C@H](O)[C@H]1O. The van der Waals surface area contributed by atoms with Crippen LogP contribution in [0.5, 0.6) is 0 Å². The monoisotopic (exact) mass is 396 g/mol. The molecular weight excluding hydrogens is 356 g/mol. The third kappa shape index (κ3) is 6.33. The molecule has 0 radical (unpaired) electrons. The van der Waals surface area contributed by atoms with E-state index >= 15 is 0 Å². The molecule has 0 aromatic heterocycles. The van der Waals surface area contributed by atoms with Gasteiger partial charge < -0.3 is 39.7 Å². The summed E-state index contributed by atoms with van der Waals surface area (Å²) in [5.41, 5.74) is 0. The maximum Gasteiger partial charge on any atom is 0.186 e. The van der Waals surface area contributed by atoms with Crippen LogP contribution in [-0.2, 0) is 14.2 Å². The van der Waals surface area contributed by atoms with Crippen molar-refractivity contribution in [3.8, 4) is 0 Å². The van der Waals surface area contributed by atoms with Crippen molar-refractivity contribution >= 4 is 0 Å². The molecule has 8 heteroatoms. The predicted molar refractivity (Wildman–Crippen MR) is 101 cm³/mol. The highest BCUT2D eigenvalue weighted by molar-refractivity contribution is 4.92. The van der Waals surface area contributed by atoms with Gasteiger partial charge in [0.2, 0.25) is 0 Å². The van der Waals surface area contributed by atoms with E-state index in [9.17, 15) is 25.5 Å². The summed E-state index contributed by atoms with van der Waals surface area (Å²) < 4.78 is 16.8. The van der Waals surface area contributed by atoms with Gasteiger partial charge in [-0.1, -0.05) is 41.5 Å². The van der Waals surface area contributed by atoms with Gasteiger partial charge in [0.25, 0.3) is 0 Å². The molecule has 0 aromatic carbocycles. The zero-order chi connectivity index (χ0) is 21.3. The van der Waals surface area contributed by atoms with Gasteiger partial charge in [-0.25, -0.2) is 0 Å². The van der Waals surface area contributed by atoms with E-state index in [2.05, 4.69) is 0 Å². The smallest absolute Gasteiger partial charge is 0.186 e. The number of hydrogen-bond donors (Lipinski definition) is 5. The van der Waals surface area contributed by atoms with E-state index in [-0.39, 0.29) is 19.1 Å². The summed E-state index contributed by atoms with van der Waals surface area (Å²) in [5, 5.41) is 49.2. The standard InChI is InChI=1S/C15H28O8.2C2H6/c1-6-9(4-16)22-15(13(20)12(6)19)23-14-7(2)11(18)8(3)21-10(14)5-17;2*1-2/h6-20H,4-5H2,1-3H3;2*1-2H3/t6-,7-,8+,9-,10-,11-,12+,13-,14+,15+;;/m1../s1. The molecule has 164 valence electrons. The molecule has 5 N–H and O–H groups in total. The summed E-state index contributed by atoms with van der Waals surface area (Å²) in [5.74, 6) is -0.815. The molecule has 8 nitrogen and oxygen atoms in total. The van der Waals surface area contributed by atoms with E-state index in [0.29, 0.717) is 0 Å².